The minimum atomic E-state index is -0.664. The van der Waals surface area contributed by atoms with Crippen molar-refractivity contribution in [3.05, 3.63) is 65.5 Å². The molecule has 1 N–H and O–H groups in total. The summed E-state index contributed by atoms with van der Waals surface area (Å²) in [6, 6.07) is 13.9. The second-order valence-electron chi connectivity index (χ2n) is 6.34. The van der Waals surface area contributed by atoms with Gasteiger partial charge in [0.2, 0.25) is 11.8 Å². The van der Waals surface area contributed by atoms with Crippen LogP contribution in [0.15, 0.2) is 48.5 Å². The molecule has 2 aromatic rings. The first-order chi connectivity index (χ1) is 12.0. The predicted molar refractivity (Wildman–Crippen MR) is 94.8 cm³/mol. The van der Waals surface area contributed by atoms with Crippen LogP contribution in [0.25, 0.3) is 0 Å². The number of carbonyl (C=O) groups is 2. The van der Waals surface area contributed by atoms with Crippen LogP contribution in [0.3, 0.4) is 0 Å². The van der Waals surface area contributed by atoms with Crippen molar-refractivity contribution in [3.63, 3.8) is 0 Å². The lowest BCUT2D eigenvalue weighted by Crippen LogP contribution is -2.37. The third-order valence-electron chi connectivity index (χ3n) is 4.46. The van der Waals surface area contributed by atoms with Gasteiger partial charge < -0.3 is 10.2 Å². The highest BCUT2D eigenvalue weighted by Crippen LogP contribution is 2.25. The molecule has 1 atom stereocenters. The van der Waals surface area contributed by atoms with Gasteiger partial charge in [-0.2, -0.15) is 0 Å². The van der Waals surface area contributed by atoms with Crippen LogP contribution >= 0.6 is 0 Å². The van der Waals surface area contributed by atoms with Crippen LogP contribution in [0.5, 0.6) is 0 Å². The Labute approximate surface area is 146 Å². The van der Waals surface area contributed by atoms with Crippen molar-refractivity contribution in [1.29, 1.82) is 0 Å². The summed E-state index contributed by atoms with van der Waals surface area (Å²) in [5.74, 6) is -1.47. The van der Waals surface area contributed by atoms with E-state index in [1.54, 1.807) is 17.0 Å². The minimum absolute atomic E-state index is 0.223. The lowest BCUT2D eigenvalue weighted by Gasteiger charge is -2.16. The summed E-state index contributed by atoms with van der Waals surface area (Å²) in [4.78, 5) is 26.4. The van der Waals surface area contributed by atoms with E-state index in [0.717, 1.165) is 12.0 Å². The number of amides is 2. The van der Waals surface area contributed by atoms with Gasteiger partial charge in [-0.3, -0.25) is 9.59 Å². The Hall–Kier alpha value is -2.69. The Balaban J connectivity index is 1.54. The molecule has 1 heterocycles. The van der Waals surface area contributed by atoms with E-state index in [0.29, 0.717) is 25.2 Å². The first-order valence-electron chi connectivity index (χ1n) is 8.45. The molecular formula is C20H21FN2O2. The van der Waals surface area contributed by atoms with Crippen molar-refractivity contribution >= 4 is 17.5 Å². The average molecular weight is 340 g/mol. The van der Waals surface area contributed by atoms with Gasteiger partial charge in [-0.25, -0.2) is 4.39 Å². The van der Waals surface area contributed by atoms with Crippen molar-refractivity contribution in [2.75, 3.05) is 18.0 Å². The molecule has 0 aliphatic carbocycles. The van der Waals surface area contributed by atoms with Crippen LogP contribution in [0, 0.1) is 18.7 Å². The SMILES string of the molecule is Cc1cccc(CCNC(=O)[C@@H]2CCN(c3ccc(F)cc3)C2=O)c1. The molecule has 1 saturated heterocycles. The Morgan fingerprint density at radius 2 is 2.00 bits per heavy atom. The molecule has 1 aliphatic rings. The van der Waals surface area contributed by atoms with Gasteiger partial charge in [-0.15, -0.1) is 0 Å². The molecule has 3 rings (SSSR count). The molecule has 0 unspecified atom stereocenters. The number of nitrogens with zero attached hydrogens (tertiary/aromatic N) is 1. The van der Waals surface area contributed by atoms with Crippen molar-refractivity contribution in [2.24, 2.45) is 5.92 Å². The summed E-state index contributed by atoms with van der Waals surface area (Å²) in [5.41, 5.74) is 2.97. The molecule has 2 amide bonds. The Bertz CT molecular complexity index is 774. The van der Waals surface area contributed by atoms with Gasteiger partial charge in [-0.1, -0.05) is 29.8 Å². The van der Waals surface area contributed by atoms with Gasteiger partial charge in [0.05, 0.1) is 0 Å². The average Bonchev–Trinajstić information content (AvgIpc) is 2.97. The van der Waals surface area contributed by atoms with Crippen LogP contribution < -0.4 is 10.2 Å². The standard InChI is InChI=1S/C20H21FN2O2/c1-14-3-2-4-15(13-14)9-11-22-19(24)18-10-12-23(20(18)25)17-7-5-16(21)6-8-17/h2-8,13,18H,9-12H2,1H3,(H,22,24)/t18-/m0/s1. The van der Waals surface area contributed by atoms with Crippen LogP contribution in [0.4, 0.5) is 10.1 Å². The highest BCUT2D eigenvalue weighted by molar-refractivity contribution is 6.09. The molecule has 0 spiro atoms. The second kappa shape index (κ2) is 7.47. The molecule has 0 aromatic heterocycles. The van der Waals surface area contributed by atoms with E-state index in [1.165, 1.54) is 17.7 Å². The zero-order valence-corrected chi connectivity index (χ0v) is 14.2. The molecule has 130 valence electrons. The number of rotatable bonds is 5. The molecule has 1 fully saturated rings. The van der Waals surface area contributed by atoms with Crippen LogP contribution in [-0.4, -0.2) is 24.9 Å². The first-order valence-corrected chi connectivity index (χ1v) is 8.45. The molecule has 1 aliphatic heterocycles. The predicted octanol–water partition coefficient (Wildman–Crippen LogP) is 2.85. The Morgan fingerprint density at radius 3 is 2.72 bits per heavy atom. The summed E-state index contributed by atoms with van der Waals surface area (Å²) >= 11 is 0. The van der Waals surface area contributed by atoms with Crippen LogP contribution in [0.1, 0.15) is 17.5 Å². The summed E-state index contributed by atoms with van der Waals surface area (Å²) in [7, 11) is 0. The second-order valence-corrected chi connectivity index (χ2v) is 6.34. The molecule has 0 bridgehead atoms. The lowest BCUT2D eigenvalue weighted by atomic mass is 10.1. The van der Waals surface area contributed by atoms with E-state index < -0.39 is 5.92 Å². The molecule has 5 heteroatoms. The number of hydrogen-bond acceptors (Lipinski definition) is 2. The topological polar surface area (TPSA) is 49.4 Å². The number of nitrogens with one attached hydrogen (secondary N) is 1. The fourth-order valence-electron chi connectivity index (χ4n) is 3.12. The lowest BCUT2D eigenvalue weighted by molar-refractivity contribution is -0.132. The van der Waals surface area contributed by atoms with Gasteiger partial charge in [-0.05, 0) is 49.6 Å². The van der Waals surface area contributed by atoms with Crippen LogP contribution in [0.2, 0.25) is 0 Å². The molecule has 2 aromatic carbocycles. The van der Waals surface area contributed by atoms with E-state index in [1.807, 2.05) is 25.1 Å². The minimum Gasteiger partial charge on any atom is -0.355 e. The van der Waals surface area contributed by atoms with E-state index in [4.69, 9.17) is 0 Å². The smallest absolute Gasteiger partial charge is 0.239 e. The van der Waals surface area contributed by atoms with Gasteiger partial charge in [0.15, 0.2) is 0 Å². The molecule has 4 nitrogen and oxygen atoms in total. The van der Waals surface area contributed by atoms with Gasteiger partial charge in [0.25, 0.3) is 0 Å². The fourth-order valence-corrected chi connectivity index (χ4v) is 3.12. The number of anilines is 1. The fraction of sp³-hybridized carbons (Fsp3) is 0.300. The van der Waals surface area contributed by atoms with Crippen molar-refractivity contribution in [2.45, 2.75) is 19.8 Å². The monoisotopic (exact) mass is 340 g/mol. The third-order valence-corrected chi connectivity index (χ3v) is 4.46. The van der Waals surface area contributed by atoms with Gasteiger partial charge >= 0.3 is 0 Å². The Kier molecular flexibility index (Phi) is 5.12. The van der Waals surface area contributed by atoms with Crippen LogP contribution in [-0.2, 0) is 16.0 Å². The zero-order valence-electron chi connectivity index (χ0n) is 14.2. The van der Waals surface area contributed by atoms with Gasteiger partial charge in [0, 0.05) is 18.8 Å². The number of halogens is 1. The Morgan fingerprint density at radius 1 is 1.24 bits per heavy atom. The first kappa shape index (κ1) is 17.1. The maximum absolute atomic E-state index is 13.0. The highest BCUT2D eigenvalue weighted by atomic mass is 19.1. The zero-order chi connectivity index (χ0) is 17.8. The number of hydrogen-bond donors (Lipinski definition) is 1. The quantitative estimate of drug-likeness (QED) is 0.851. The largest absolute Gasteiger partial charge is 0.355 e. The van der Waals surface area contributed by atoms with E-state index in [9.17, 15) is 14.0 Å². The van der Waals surface area contributed by atoms with Gasteiger partial charge in [0.1, 0.15) is 11.7 Å². The molecule has 0 saturated carbocycles. The molecule has 25 heavy (non-hydrogen) atoms. The maximum Gasteiger partial charge on any atom is 0.239 e. The highest BCUT2D eigenvalue weighted by Gasteiger charge is 2.37. The maximum atomic E-state index is 13.0. The third kappa shape index (κ3) is 4.05. The summed E-state index contributed by atoms with van der Waals surface area (Å²) in [6.45, 7) is 3.01. The number of benzene rings is 2. The van der Waals surface area contributed by atoms with Crippen molar-refractivity contribution in [1.82, 2.24) is 5.32 Å². The number of carbonyl (C=O) groups excluding carboxylic acids is 2. The molecular weight excluding hydrogens is 319 g/mol. The molecule has 0 radical (unpaired) electrons. The van der Waals surface area contributed by atoms with E-state index >= 15 is 0 Å². The number of aryl methyl sites for hydroxylation is 1. The summed E-state index contributed by atoms with van der Waals surface area (Å²) < 4.78 is 13.0. The van der Waals surface area contributed by atoms with E-state index in [-0.39, 0.29) is 17.6 Å². The van der Waals surface area contributed by atoms with Crippen molar-refractivity contribution < 1.29 is 14.0 Å². The summed E-state index contributed by atoms with van der Waals surface area (Å²) in [6.07, 6.45) is 1.21. The summed E-state index contributed by atoms with van der Waals surface area (Å²) in [5, 5.41) is 2.86. The van der Waals surface area contributed by atoms with Crippen molar-refractivity contribution in [3.8, 4) is 0 Å². The normalized spacial score (nSPS) is 17.0. The van der Waals surface area contributed by atoms with E-state index in [2.05, 4.69) is 11.4 Å².